The van der Waals surface area contributed by atoms with Crippen molar-refractivity contribution >= 4 is 27.2 Å². The van der Waals surface area contributed by atoms with Gasteiger partial charge in [-0.1, -0.05) is 20.8 Å². The predicted molar refractivity (Wildman–Crippen MR) is 82.3 cm³/mol. The van der Waals surface area contributed by atoms with Gasteiger partial charge in [-0.05, 0) is 32.0 Å². The molecule has 20 heavy (non-hydrogen) atoms. The van der Waals surface area contributed by atoms with Crippen LogP contribution in [0.5, 0.6) is 0 Å². The number of anilines is 2. The van der Waals surface area contributed by atoms with Crippen LogP contribution in [0.25, 0.3) is 0 Å². The molecule has 1 rings (SSSR count). The van der Waals surface area contributed by atoms with E-state index in [1.807, 2.05) is 20.8 Å². The molecule has 112 valence electrons. The van der Waals surface area contributed by atoms with Crippen molar-refractivity contribution in [1.29, 1.82) is 0 Å². The van der Waals surface area contributed by atoms with Gasteiger partial charge >= 0.3 is 0 Å². The highest BCUT2D eigenvalue weighted by Gasteiger charge is 2.24. The number of nitrogens with one attached hydrogen (secondary N) is 1. The summed E-state index contributed by atoms with van der Waals surface area (Å²) in [7, 11) is -3.45. The molecule has 0 aliphatic rings. The molecule has 5 nitrogen and oxygen atoms in total. The van der Waals surface area contributed by atoms with Gasteiger partial charge in [0, 0.05) is 11.0 Å². The molecule has 0 saturated heterocycles. The van der Waals surface area contributed by atoms with Crippen LogP contribution in [-0.4, -0.2) is 19.5 Å². The molecule has 0 radical (unpaired) electrons. The Hall–Kier alpha value is -1.56. The van der Waals surface area contributed by atoms with E-state index in [-0.39, 0.29) is 11.5 Å². The zero-order valence-corrected chi connectivity index (χ0v) is 13.3. The summed E-state index contributed by atoms with van der Waals surface area (Å²) < 4.78 is 26.0. The first-order valence-corrected chi connectivity index (χ1v) is 7.96. The van der Waals surface area contributed by atoms with Crippen molar-refractivity contribution in [1.82, 2.24) is 0 Å². The van der Waals surface area contributed by atoms with Gasteiger partial charge in [-0.15, -0.1) is 0 Å². The van der Waals surface area contributed by atoms with Crippen LogP contribution in [0.4, 0.5) is 11.4 Å². The highest BCUT2D eigenvalue weighted by molar-refractivity contribution is 7.93. The van der Waals surface area contributed by atoms with Gasteiger partial charge in [0.1, 0.15) is 0 Å². The fraction of sp³-hybridized carbons (Fsp3) is 0.500. The van der Waals surface area contributed by atoms with Crippen molar-refractivity contribution < 1.29 is 13.2 Å². The number of Topliss-reactive ketones (excluding diaryl/α,β-unsaturated/α-hetero) is 1. The summed E-state index contributed by atoms with van der Waals surface area (Å²) >= 11 is 0. The third-order valence-electron chi connectivity index (χ3n) is 2.87. The molecule has 0 saturated carbocycles. The topological polar surface area (TPSA) is 89.3 Å². The van der Waals surface area contributed by atoms with Gasteiger partial charge in [-0.2, -0.15) is 0 Å². The number of nitrogen functional groups attached to an aromatic ring is 1. The highest BCUT2D eigenvalue weighted by Crippen LogP contribution is 2.26. The number of rotatable bonds is 4. The maximum absolute atomic E-state index is 12.1. The van der Waals surface area contributed by atoms with Crippen molar-refractivity contribution in [2.75, 3.05) is 10.5 Å². The lowest BCUT2D eigenvalue weighted by molar-refractivity contribution is 0.0858. The SMILES string of the molecule is CC(C)S(=O)(=O)Nc1ccc(C(=O)C(C)(C)C)cc1N. The molecule has 0 amide bonds. The average Bonchev–Trinajstić information content (AvgIpc) is 2.29. The number of benzene rings is 1. The van der Waals surface area contributed by atoms with Crippen LogP contribution in [0.15, 0.2) is 18.2 Å². The monoisotopic (exact) mass is 298 g/mol. The van der Waals surface area contributed by atoms with E-state index in [9.17, 15) is 13.2 Å². The van der Waals surface area contributed by atoms with Crippen molar-refractivity contribution in [3.63, 3.8) is 0 Å². The zero-order valence-electron chi connectivity index (χ0n) is 12.5. The summed E-state index contributed by atoms with van der Waals surface area (Å²) in [5, 5.41) is -0.558. The molecule has 1 aromatic rings. The highest BCUT2D eigenvalue weighted by atomic mass is 32.2. The number of hydrogen-bond donors (Lipinski definition) is 2. The first-order chi connectivity index (χ1) is 8.95. The molecule has 1 aromatic carbocycles. The fourth-order valence-corrected chi connectivity index (χ4v) is 2.23. The molecule has 0 aliphatic carbocycles. The summed E-state index contributed by atoms with van der Waals surface area (Å²) in [5.41, 5.74) is 6.33. The lowest BCUT2D eigenvalue weighted by atomic mass is 9.86. The van der Waals surface area contributed by atoms with E-state index in [0.717, 1.165) is 0 Å². The van der Waals surface area contributed by atoms with Gasteiger partial charge in [-0.25, -0.2) is 8.42 Å². The van der Waals surface area contributed by atoms with Crippen LogP contribution in [-0.2, 0) is 10.0 Å². The van der Waals surface area contributed by atoms with Crippen molar-refractivity contribution in [2.24, 2.45) is 5.41 Å². The molecule has 0 heterocycles. The Balaban J connectivity index is 3.10. The Morgan fingerprint density at radius 1 is 1.25 bits per heavy atom. The smallest absolute Gasteiger partial charge is 0.235 e. The van der Waals surface area contributed by atoms with E-state index in [0.29, 0.717) is 11.3 Å². The fourth-order valence-electron chi connectivity index (χ4n) is 1.50. The number of nitrogens with two attached hydrogens (primary N) is 1. The second-order valence-corrected chi connectivity index (χ2v) is 8.31. The number of sulfonamides is 1. The molecule has 6 heteroatoms. The molecular formula is C14H22N2O3S. The zero-order chi connectivity index (χ0) is 15.7. The van der Waals surface area contributed by atoms with E-state index >= 15 is 0 Å². The summed E-state index contributed by atoms with van der Waals surface area (Å²) in [6.45, 7) is 8.62. The van der Waals surface area contributed by atoms with E-state index < -0.39 is 20.7 Å². The Morgan fingerprint density at radius 3 is 2.20 bits per heavy atom. The van der Waals surface area contributed by atoms with Gasteiger partial charge in [0.2, 0.25) is 10.0 Å². The second-order valence-electron chi connectivity index (χ2n) is 6.08. The Morgan fingerprint density at radius 2 is 1.80 bits per heavy atom. The largest absolute Gasteiger partial charge is 0.397 e. The van der Waals surface area contributed by atoms with Gasteiger partial charge in [0.05, 0.1) is 16.6 Å². The minimum absolute atomic E-state index is 0.0394. The summed E-state index contributed by atoms with van der Waals surface area (Å²) in [5.74, 6) is -0.0394. The van der Waals surface area contributed by atoms with Crippen LogP contribution in [0.3, 0.4) is 0 Å². The summed E-state index contributed by atoms with van der Waals surface area (Å²) in [6, 6.07) is 4.61. The third kappa shape index (κ3) is 3.72. The Kier molecular flexibility index (Phi) is 4.49. The number of ketones is 1. The molecule has 0 aliphatic heterocycles. The average molecular weight is 298 g/mol. The van der Waals surface area contributed by atoms with Gasteiger partial charge in [0.25, 0.3) is 0 Å². The van der Waals surface area contributed by atoms with E-state index in [2.05, 4.69) is 4.72 Å². The van der Waals surface area contributed by atoms with Crippen molar-refractivity contribution in [3.8, 4) is 0 Å². The normalized spacial score (nSPS) is 12.5. The van der Waals surface area contributed by atoms with Crippen LogP contribution in [0.2, 0.25) is 0 Å². The number of carbonyl (C=O) groups is 1. The maximum atomic E-state index is 12.1. The Bertz CT molecular complexity index is 614. The van der Waals surface area contributed by atoms with Crippen LogP contribution >= 0.6 is 0 Å². The molecule has 0 aromatic heterocycles. The first-order valence-electron chi connectivity index (χ1n) is 6.41. The third-order valence-corrected chi connectivity index (χ3v) is 4.61. The maximum Gasteiger partial charge on any atom is 0.235 e. The molecular weight excluding hydrogens is 276 g/mol. The van der Waals surface area contributed by atoms with Gasteiger partial charge in [0.15, 0.2) is 5.78 Å². The number of carbonyl (C=O) groups excluding carboxylic acids is 1. The van der Waals surface area contributed by atoms with Crippen molar-refractivity contribution in [2.45, 2.75) is 39.9 Å². The van der Waals surface area contributed by atoms with Crippen LogP contribution < -0.4 is 10.5 Å². The molecule has 0 atom stereocenters. The lowest BCUT2D eigenvalue weighted by Gasteiger charge is -2.18. The van der Waals surface area contributed by atoms with Gasteiger partial charge in [-0.3, -0.25) is 9.52 Å². The van der Waals surface area contributed by atoms with Crippen molar-refractivity contribution in [3.05, 3.63) is 23.8 Å². The van der Waals surface area contributed by atoms with Gasteiger partial charge < -0.3 is 5.73 Å². The van der Waals surface area contributed by atoms with E-state index in [1.165, 1.54) is 12.1 Å². The predicted octanol–water partition coefficient (Wildman–Crippen LogP) is 2.65. The quantitative estimate of drug-likeness (QED) is 0.660. The van der Waals surface area contributed by atoms with E-state index in [1.54, 1.807) is 19.9 Å². The van der Waals surface area contributed by atoms with Crippen LogP contribution in [0, 0.1) is 5.41 Å². The standard InChI is InChI=1S/C14H22N2O3S/c1-9(2)20(18,19)16-12-7-6-10(8-11(12)15)13(17)14(3,4)5/h6-9,16H,15H2,1-5H3. The minimum Gasteiger partial charge on any atom is -0.397 e. The summed E-state index contributed by atoms with van der Waals surface area (Å²) in [6.07, 6.45) is 0. The molecule has 0 bridgehead atoms. The minimum atomic E-state index is -3.45. The Labute approximate surface area is 120 Å². The molecule has 0 fully saturated rings. The second kappa shape index (κ2) is 5.44. The lowest BCUT2D eigenvalue weighted by Crippen LogP contribution is -2.23. The molecule has 3 N–H and O–H groups in total. The molecule has 0 spiro atoms. The number of hydrogen-bond acceptors (Lipinski definition) is 4. The first kappa shape index (κ1) is 16.5. The van der Waals surface area contributed by atoms with E-state index in [4.69, 9.17) is 5.73 Å². The summed E-state index contributed by atoms with van der Waals surface area (Å²) in [4.78, 5) is 12.1. The molecule has 0 unspecified atom stereocenters. The van der Waals surface area contributed by atoms with Crippen LogP contribution in [0.1, 0.15) is 45.0 Å².